The van der Waals surface area contributed by atoms with Gasteiger partial charge in [0, 0.05) is 15.7 Å². The highest BCUT2D eigenvalue weighted by Gasteiger charge is 2.36. The third kappa shape index (κ3) is 5.77. The summed E-state index contributed by atoms with van der Waals surface area (Å²) in [6, 6.07) is 12.1. The number of halogens is 1. The summed E-state index contributed by atoms with van der Waals surface area (Å²) >= 11 is 4.17. The second-order valence-corrected chi connectivity index (χ2v) is 8.24. The minimum Gasteiger partial charge on any atom is -0.497 e. The molecule has 0 radical (unpaired) electrons. The molecule has 2 aromatic rings. The number of nitrogens with one attached hydrogen (secondary N) is 1. The van der Waals surface area contributed by atoms with Crippen LogP contribution in [0.1, 0.15) is 5.56 Å². The zero-order valence-corrected chi connectivity index (χ0v) is 19.0. The maximum Gasteiger partial charge on any atom is 0.294 e. The van der Waals surface area contributed by atoms with Crippen LogP contribution in [0.3, 0.4) is 0 Å². The minimum atomic E-state index is -0.533. The molecule has 1 saturated heterocycles. The number of methoxy groups -OCH3 is 1. The molecule has 0 spiro atoms. The van der Waals surface area contributed by atoms with Crippen LogP contribution in [-0.2, 0) is 9.59 Å². The van der Waals surface area contributed by atoms with Crippen LogP contribution in [0.2, 0.25) is 0 Å². The van der Waals surface area contributed by atoms with Gasteiger partial charge >= 0.3 is 0 Å². The SMILES string of the molecule is C=CCOc1ccc(Br)cc1/C=C1/SC(=O)N(CC(=O)Nc2ccc(OC)cc2)C1=O. The van der Waals surface area contributed by atoms with E-state index in [2.05, 4.69) is 27.8 Å². The zero-order chi connectivity index (χ0) is 22.4. The van der Waals surface area contributed by atoms with Gasteiger partial charge in [-0.3, -0.25) is 19.3 Å². The normalized spacial score (nSPS) is 14.6. The summed E-state index contributed by atoms with van der Waals surface area (Å²) in [6.45, 7) is 3.54. The summed E-state index contributed by atoms with van der Waals surface area (Å²) in [5.74, 6) is 0.186. The van der Waals surface area contributed by atoms with Crippen molar-refractivity contribution < 1.29 is 23.9 Å². The number of carbonyl (C=O) groups is 3. The third-order valence-corrected chi connectivity index (χ3v) is 5.56. The molecule has 0 saturated carbocycles. The molecule has 0 aromatic heterocycles. The topological polar surface area (TPSA) is 84.9 Å². The fourth-order valence-corrected chi connectivity index (χ4v) is 3.92. The van der Waals surface area contributed by atoms with Gasteiger partial charge in [0.25, 0.3) is 11.1 Å². The van der Waals surface area contributed by atoms with Crippen molar-refractivity contribution in [2.24, 2.45) is 0 Å². The molecule has 0 bridgehead atoms. The molecule has 1 aliphatic heterocycles. The lowest BCUT2D eigenvalue weighted by atomic mass is 10.2. The molecule has 2 aromatic carbocycles. The van der Waals surface area contributed by atoms with Crippen LogP contribution >= 0.6 is 27.7 Å². The summed E-state index contributed by atoms with van der Waals surface area (Å²) in [6.07, 6.45) is 3.19. The zero-order valence-electron chi connectivity index (χ0n) is 16.6. The van der Waals surface area contributed by atoms with Crippen LogP contribution in [0.5, 0.6) is 11.5 Å². The van der Waals surface area contributed by atoms with E-state index in [1.807, 2.05) is 6.07 Å². The molecule has 31 heavy (non-hydrogen) atoms. The molecule has 0 atom stereocenters. The first kappa shape index (κ1) is 22.6. The van der Waals surface area contributed by atoms with Gasteiger partial charge in [0.2, 0.25) is 5.91 Å². The average molecular weight is 503 g/mol. The van der Waals surface area contributed by atoms with Crippen molar-refractivity contribution in [2.45, 2.75) is 0 Å². The Balaban J connectivity index is 1.72. The van der Waals surface area contributed by atoms with Gasteiger partial charge in [0.15, 0.2) is 0 Å². The van der Waals surface area contributed by atoms with Gasteiger partial charge in [-0.1, -0.05) is 28.6 Å². The number of hydrogen-bond donors (Lipinski definition) is 1. The Kier molecular flexibility index (Phi) is 7.54. The van der Waals surface area contributed by atoms with E-state index in [1.165, 1.54) is 0 Å². The van der Waals surface area contributed by atoms with Crippen molar-refractivity contribution >= 4 is 56.5 Å². The van der Waals surface area contributed by atoms with Crippen molar-refractivity contribution in [3.8, 4) is 11.5 Å². The van der Waals surface area contributed by atoms with Crippen LogP contribution in [0.25, 0.3) is 6.08 Å². The Morgan fingerprint density at radius 3 is 2.65 bits per heavy atom. The average Bonchev–Trinajstić information content (AvgIpc) is 3.01. The molecule has 1 N–H and O–H groups in total. The molecular weight excluding hydrogens is 484 g/mol. The smallest absolute Gasteiger partial charge is 0.294 e. The number of ether oxygens (including phenoxy) is 2. The second kappa shape index (κ2) is 10.3. The molecular formula is C22H19BrN2O5S. The molecule has 1 aliphatic rings. The number of hydrogen-bond acceptors (Lipinski definition) is 6. The number of imide groups is 1. The van der Waals surface area contributed by atoms with Gasteiger partial charge in [-0.05, 0) is 60.3 Å². The van der Waals surface area contributed by atoms with E-state index in [4.69, 9.17) is 9.47 Å². The summed E-state index contributed by atoms with van der Waals surface area (Å²) in [5, 5.41) is 2.15. The van der Waals surface area contributed by atoms with Gasteiger partial charge < -0.3 is 14.8 Å². The number of benzene rings is 2. The lowest BCUT2D eigenvalue weighted by molar-refractivity contribution is -0.127. The van der Waals surface area contributed by atoms with E-state index < -0.39 is 17.1 Å². The molecule has 3 amide bonds. The van der Waals surface area contributed by atoms with Gasteiger partial charge in [0.05, 0.1) is 12.0 Å². The van der Waals surface area contributed by atoms with E-state index in [9.17, 15) is 14.4 Å². The second-order valence-electron chi connectivity index (χ2n) is 6.33. The molecule has 0 unspecified atom stereocenters. The predicted octanol–water partition coefficient (Wildman–Crippen LogP) is 4.70. The molecule has 3 rings (SSSR count). The number of thioether (sulfide) groups is 1. The highest BCUT2D eigenvalue weighted by molar-refractivity contribution is 9.10. The van der Waals surface area contributed by atoms with Crippen molar-refractivity contribution in [1.29, 1.82) is 0 Å². The van der Waals surface area contributed by atoms with Crippen molar-refractivity contribution in [2.75, 3.05) is 25.6 Å². The maximum atomic E-state index is 12.8. The van der Waals surface area contributed by atoms with Crippen LogP contribution < -0.4 is 14.8 Å². The Labute approximate surface area is 192 Å². The van der Waals surface area contributed by atoms with Crippen LogP contribution in [0.15, 0.2) is 64.5 Å². The number of anilines is 1. The Bertz CT molecular complexity index is 1050. The van der Waals surface area contributed by atoms with Crippen LogP contribution in [-0.4, -0.2) is 42.2 Å². The fraction of sp³-hybridized carbons (Fsp3) is 0.136. The Morgan fingerprint density at radius 2 is 1.97 bits per heavy atom. The number of carbonyl (C=O) groups excluding carboxylic acids is 3. The highest BCUT2D eigenvalue weighted by atomic mass is 79.9. The molecule has 9 heteroatoms. The molecule has 0 aliphatic carbocycles. The third-order valence-electron chi connectivity index (χ3n) is 4.16. The van der Waals surface area contributed by atoms with Gasteiger partial charge in [-0.2, -0.15) is 0 Å². The van der Waals surface area contributed by atoms with Crippen LogP contribution in [0.4, 0.5) is 10.5 Å². The first-order valence-corrected chi connectivity index (χ1v) is 10.7. The fourth-order valence-electron chi connectivity index (χ4n) is 2.71. The summed E-state index contributed by atoms with van der Waals surface area (Å²) < 4.78 is 11.5. The summed E-state index contributed by atoms with van der Waals surface area (Å²) in [5.41, 5.74) is 1.16. The number of nitrogens with zero attached hydrogens (tertiary/aromatic N) is 1. The minimum absolute atomic E-state index is 0.212. The lowest BCUT2D eigenvalue weighted by Crippen LogP contribution is -2.36. The van der Waals surface area contributed by atoms with Gasteiger partial charge in [-0.15, -0.1) is 0 Å². The molecule has 160 valence electrons. The first-order chi connectivity index (χ1) is 14.9. The van der Waals surface area contributed by atoms with Gasteiger partial charge in [-0.25, -0.2) is 0 Å². The monoisotopic (exact) mass is 502 g/mol. The van der Waals surface area contributed by atoms with E-state index >= 15 is 0 Å². The quantitative estimate of drug-likeness (QED) is 0.416. The van der Waals surface area contributed by atoms with Gasteiger partial charge in [0.1, 0.15) is 24.7 Å². The van der Waals surface area contributed by atoms with Crippen molar-refractivity contribution in [3.05, 3.63) is 70.1 Å². The number of rotatable bonds is 8. The van der Waals surface area contributed by atoms with Crippen LogP contribution in [0, 0.1) is 0 Å². The Hall–Kier alpha value is -3.04. The molecule has 1 fully saturated rings. The molecule has 7 nitrogen and oxygen atoms in total. The standard InChI is InChI=1S/C22H19BrN2O5S/c1-3-10-30-18-9-4-15(23)11-14(18)12-19-21(27)25(22(28)31-19)13-20(26)24-16-5-7-17(29-2)8-6-16/h3-9,11-12H,1,10,13H2,2H3,(H,24,26)/b19-12+. The largest absolute Gasteiger partial charge is 0.497 e. The van der Waals surface area contributed by atoms with E-state index in [0.717, 1.165) is 21.1 Å². The first-order valence-electron chi connectivity index (χ1n) is 9.14. The Morgan fingerprint density at radius 1 is 1.23 bits per heavy atom. The summed E-state index contributed by atoms with van der Waals surface area (Å²) in [7, 11) is 1.55. The van der Waals surface area contributed by atoms with E-state index in [0.29, 0.717) is 29.4 Å². The lowest BCUT2D eigenvalue weighted by Gasteiger charge is -2.12. The van der Waals surface area contributed by atoms with E-state index in [1.54, 1.807) is 55.7 Å². The predicted molar refractivity (Wildman–Crippen MR) is 124 cm³/mol. The van der Waals surface area contributed by atoms with Crippen molar-refractivity contribution in [3.63, 3.8) is 0 Å². The number of amides is 3. The summed E-state index contributed by atoms with van der Waals surface area (Å²) in [4.78, 5) is 38.6. The maximum absolute atomic E-state index is 12.8. The van der Waals surface area contributed by atoms with E-state index in [-0.39, 0.29) is 11.4 Å². The highest BCUT2D eigenvalue weighted by Crippen LogP contribution is 2.34. The van der Waals surface area contributed by atoms with Crippen molar-refractivity contribution in [1.82, 2.24) is 4.90 Å². The molecule has 1 heterocycles.